The van der Waals surface area contributed by atoms with Crippen molar-refractivity contribution in [3.63, 3.8) is 0 Å². The largest absolute Gasteiger partial charge is 0.573 e. The number of amides is 2. The number of carbonyl (C=O) groups excluding carboxylic acids is 2. The monoisotopic (exact) mass is 593 g/mol. The number of thioether (sulfide) groups is 1. The molecule has 1 unspecified atom stereocenters. The average molecular weight is 594 g/mol. The highest BCUT2D eigenvalue weighted by atomic mass is 32.2. The van der Waals surface area contributed by atoms with Gasteiger partial charge in [-0.05, 0) is 65.6 Å². The molecule has 1 aliphatic rings. The lowest BCUT2D eigenvalue weighted by molar-refractivity contribution is -0.274. The number of ether oxygens (including phenoxy) is 1. The predicted octanol–water partition coefficient (Wildman–Crippen LogP) is 7.01. The zero-order valence-corrected chi connectivity index (χ0v) is 23.7. The molecule has 1 saturated heterocycles. The van der Waals surface area contributed by atoms with Crippen molar-refractivity contribution in [3.8, 4) is 22.8 Å². The number of halogens is 3. The Kier molecular flexibility index (Phi) is 8.17. The van der Waals surface area contributed by atoms with Crippen LogP contribution in [0, 0.1) is 0 Å². The first-order chi connectivity index (χ1) is 20.0. The number of benzene rings is 3. The van der Waals surface area contributed by atoms with Crippen molar-refractivity contribution in [2.45, 2.75) is 32.0 Å². The third-order valence-corrected chi connectivity index (χ3v) is 7.74. The van der Waals surface area contributed by atoms with Crippen LogP contribution in [0.5, 0.6) is 5.75 Å². The molecular weight excluding hydrogens is 567 g/mol. The van der Waals surface area contributed by atoms with Crippen molar-refractivity contribution in [2.75, 3.05) is 17.7 Å². The van der Waals surface area contributed by atoms with Crippen LogP contribution in [0.1, 0.15) is 36.8 Å². The Morgan fingerprint density at radius 2 is 1.76 bits per heavy atom. The van der Waals surface area contributed by atoms with Crippen LogP contribution in [0.25, 0.3) is 17.1 Å². The predicted molar refractivity (Wildman–Crippen MR) is 155 cm³/mol. The zero-order valence-electron chi connectivity index (χ0n) is 22.9. The Balaban J connectivity index is 1.30. The second kappa shape index (κ2) is 11.8. The molecule has 42 heavy (non-hydrogen) atoms. The molecule has 1 aromatic heterocycles. The number of aromatic nitrogens is 3. The normalized spacial score (nSPS) is 16.3. The van der Waals surface area contributed by atoms with Crippen LogP contribution < -0.4 is 9.64 Å². The second-order valence-corrected chi connectivity index (χ2v) is 10.9. The number of ketones is 1. The lowest BCUT2D eigenvalue weighted by Gasteiger charge is -2.18. The zero-order chi connectivity index (χ0) is 30.0. The molecule has 1 fully saturated rings. The molecule has 12 heteroatoms. The molecule has 0 radical (unpaired) electrons. The highest BCUT2D eigenvalue weighted by Gasteiger charge is 2.36. The van der Waals surface area contributed by atoms with Crippen LogP contribution in [-0.4, -0.2) is 50.8 Å². The number of Topliss-reactive ketones (excluding diaryl/α,β-unsaturated/α-hetero) is 1. The summed E-state index contributed by atoms with van der Waals surface area (Å²) in [6.45, 7) is 4.14. The highest BCUT2D eigenvalue weighted by Crippen LogP contribution is 2.37. The summed E-state index contributed by atoms with van der Waals surface area (Å²) in [7, 11) is 1.61. The summed E-state index contributed by atoms with van der Waals surface area (Å²) in [5.41, 5.74) is 3.71. The third-order valence-electron chi connectivity index (χ3n) is 6.69. The van der Waals surface area contributed by atoms with Gasteiger partial charge in [0.2, 0.25) is 0 Å². The number of aliphatic imine (C=N–C) groups is 1. The van der Waals surface area contributed by atoms with Gasteiger partial charge in [-0.3, -0.25) is 9.69 Å². The van der Waals surface area contributed by atoms with E-state index in [1.54, 1.807) is 31.3 Å². The molecule has 2 heterocycles. The van der Waals surface area contributed by atoms with Gasteiger partial charge in [0, 0.05) is 18.3 Å². The fourth-order valence-corrected chi connectivity index (χ4v) is 5.61. The van der Waals surface area contributed by atoms with Crippen LogP contribution in [0.4, 0.5) is 23.7 Å². The van der Waals surface area contributed by atoms with E-state index >= 15 is 0 Å². The van der Waals surface area contributed by atoms with E-state index in [-0.39, 0.29) is 23.2 Å². The fraction of sp³-hybridized carbons (Fsp3) is 0.233. The molecule has 1 aliphatic heterocycles. The summed E-state index contributed by atoms with van der Waals surface area (Å²) >= 11 is 1.30. The van der Waals surface area contributed by atoms with Crippen molar-refractivity contribution in [1.82, 2.24) is 14.8 Å². The quantitative estimate of drug-likeness (QED) is 0.239. The van der Waals surface area contributed by atoms with E-state index in [1.165, 1.54) is 51.9 Å². The number of urea groups is 1. The number of carbonyl (C=O) groups is 2. The van der Waals surface area contributed by atoms with Gasteiger partial charge in [-0.15, -0.1) is 30.0 Å². The molecule has 4 aromatic rings. The van der Waals surface area contributed by atoms with Crippen molar-refractivity contribution < 1.29 is 27.5 Å². The molecule has 0 spiro atoms. The van der Waals surface area contributed by atoms with Gasteiger partial charge >= 0.3 is 12.4 Å². The van der Waals surface area contributed by atoms with Gasteiger partial charge in [0.1, 0.15) is 12.1 Å². The summed E-state index contributed by atoms with van der Waals surface area (Å²) in [4.78, 5) is 36.0. The summed E-state index contributed by atoms with van der Waals surface area (Å²) in [5.74, 6) is 0.0234. The smallest absolute Gasteiger partial charge is 0.406 e. The van der Waals surface area contributed by atoms with Crippen LogP contribution in [0.3, 0.4) is 0 Å². The Morgan fingerprint density at radius 1 is 1.07 bits per heavy atom. The number of rotatable bonds is 6. The van der Waals surface area contributed by atoms with Crippen LogP contribution in [0.2, 0.25) is 0 Å². The van der Waals surface area contributed by atoms with E-state index in [0.29, 0.717) is 27.8 Å². The highest BCUT2D eigenvalue weighted by molar-refractivity contribution is 8.15. The topological polar surface area (TPSA) is 89.7 Å². The summed E-state index contributed by atoms with van der Waals surface area (Å²) in [5, 5.41) is 4.90. The second-order valence-electron chi connectivity index (χ2n) is 9.86. The van der Waals surface area contributed by atoms with Crippen molar-refractivity contribution >= 4 is 34.3 Å². The van der Waals surface area contributed by atoms with E-state index in [9.17, 15) is 22.8 Å². The molecular formula is C30H26F3N5O3S. The van der Waals surface area contributed by atoms with E-state index < -0.39 is 18.3 Å². The lowest BCUT2D eigenvalue weighted by atomic mass is 9.87. The third kappa shape index (κ3) is 6.38. The first-order valence-corrected chi connectivity index (χ1v) is 14.0. The van der Waals surface area contributed by atoms with Crippen LogP contribution >= 0.6 is 11.8 Å². The van der Waals surface area contributed by atoms with Crippen molar-refractivity contribution in [2.24, 2.45) is 4.99 Å². The molecule has 8 nitrogen and oxygen atoms in total. The number of hydrogen-bond donors (Lipinski definition) is 0. The van der Waals surface area contributed by atoms with Gasteiger partial charge in [0.25, 0.3) is 0 Å². The van der Waals surface area contributed by atoms with Crippen molar-refractivity contribution in [1.29, 1.82) is 0 Å². The minimum absolute atomic E-state index is 0.0316. The van der Waals surface area contributed by atoms with E-state index in [2.05, 4.69) is 33.7 Å². The maximum atomic E-state index is 13.1. The molecule has 2 amide bonds. The summed E-state index contributed by atoms with van der Waals surface area (Å²) in [6.07, 6.45) is -3.32. The van der Waals surface area contributed by atoms with Gasteiger partial charge < -0.3 is 4.74 Å². The lowest BCUT2D eigenvalue weighted by Crippen LogP contribution is -2.25. The molecule has 216 valence electrons. The molecule has 0 N–H and O–H groups in total. The Morgan fingerprint density at radius 3 is 2.43 bits per heavy atom. The summed E-state index contributed by atoms with van der Waals surface area (Å²) < 4.78 is 42.6. The van der Waals surface area contributed by atoms with Gasteiger partial charge in [-0.25, -0.2) is 14.5 Å². The molecule has 0 aliphatic carbocycles. The molecule has 1 atom stereocenters. The van der Waals surface area contributed by atoms with E-state index in [4.69, 9.17) is 0 Å². The van der Waals surface area contributed by atoms with E-state index in [0.717, 1.165) is 11.1 Å². The van der Waals surface area contributed by atoms with Gasteiger partial charge in [-0.2, -0.15) is 4.99 Å². The fourth-order valence-electron chi connectivity index (χ4n) is 4.59. The van der Waals surface area contributed by atoms with Gasteiger partial charge in [0.15, 0.2) is 11.6 Å². The SMILES string of the molecule is CC(C)c1ccccc1C1C(=O)CSC1=NC(=O)N(C)c1ccc(-c2ncn(-c3ccc(OC(F)(F)F)cc3)n2)cc1. The number of alkyl halides is 3. The number of hydrogen-bond acceptors (Lipinski definition) is 6. The Bertz CT molecular complexity index is 1630. The van der Waals surface area contributed by atoms with Crippen LogP contribution in [-0.2, 0) is 4.79 Å². The maximum Gasteiger partial charge on any atom is 0.573 e. The minimum atomic E-state index is -4.77. The van der Waals surface area contributed by atoms with Gasteiger partial charge in [-0.1, -0.05) is 38.1 Å². The standard InChI is InChI=1S/C30H26F3N5O3S/c1-18(2)23-6-4-5-7-24(23)26-25(39)16-42-28(26)35-29(40)37(3)20-10-8-19(9-11-20)27-34-17-38(36-27)21-12-14-22(15-13-21)41-30(31,32)33/h4-15,17-18,26H,16H2,1-3H3. The van der Waals surface area contributed by atoms with Gasteiger partial charge in [0.05, 0.1) is 22.4 Å². The minimum Gasteiger partial charge on any atom is -0.406 e. The molecule has 5 rings (SSSR count). The first-order valence-electron chi connectivity index (χ1n) is 13.0. The van der Waals surface area contributed by atoms with E-state index in [1.807, 2.05) is 24.3 Å². The first kappa shape index (κ1) is 29.1. The molecule has 0 saturated carbocycles. The summed E-state index contributed by atoms with van der Waals surface area (Å²) in [6, 6.07) is 19.5. The molecule has 3 aromatic carbocycles. The molecule has 0 bridgehead atoms. The van der Waals surface area contributed by atoms with Crippen molar-refractivity contribution in [3.05, 3.63) is 90.3 Å². The maximum absolute atomic E-state index is 13.1. The van der Waals surface area contributed by atoms with Crippen LogP contribution in [0.15, 0.2) is 84.1 Å². The average Bonchev–Trinajstić information content (AvgIpc) is 3.59. The number of nitrogens with zero attached hydrogens (tertiary/aromatic N) is 5. The Labute approximate surface area is 244 Å². The Hall–Kier alpha value is -4.45. The number of anilines is 1.